The fourth-order valence-corrected chi connectivity index (χ4v) is 3.34. The zero-order valence-corrected chi connectivity index (χ0v) is 14.4. The maximum Gasteiger partial charge on any atom is 0.326 e. The second-order valence-electron chi connectivity index (χ2n) is 6.37. The molecule has 0 aromatic rings. The van der Waals surface area contributed by atoms with Crippen LogP contribution in [0.15, 0.2) is 0 Å². The van der Waals surface area contributed by atoms with Gasteiger partial charge in [-0.25, -0.2) is 0 Å². The summed E-state index contributed by atoms with van der Waals surface area (Å²) in [5.41, 5.74) is -0.490. The van der Waals surface area contributed by atoms with Gasteiger partial charge in [0.2, 0.25) is 0 Å². The van der Waals surface area contributed by atoms with Crippen molar-refractivity contribution in [2.24, 2.45) is 5.92 Å². The number of hydrogen-bond acceptors (Lipinski definition) is 4. The normalized spacial score (nSPS) is 18.1. The smallest absolute Gasteiger partial charge is 0.326 e. The first-order valence-corrected chi connectivity index (χ1v) is 9.16. The Balaban J connectivity index is 2.27. The summed E-state index contributed by atoms with van der Waals surface area (Å²) >= 11 is 2.00. The average molecular weight is 301 g/mol. The molecule has 0 bridgehead atoms. The maximum atomic E-state index is 12.1. The lowest BCUT2D eigenvalue weighted by molar-refractivity contribution is -0.151. The molecule has 0 saturated heterocycles. The van der Waals surface area contributed by atoms with Crippen LogP contribution in [-0.2, 0) is 9.53 Å². The van der Waals surface area contributed by atoms with E-state index in [0.717, 1.165) is 24.5 Å². The van der Waals surface area contributed by atoms with Gasteiger partial charge in [0.05, 0.1) is 6.61 Å². The Morgan fingerprint density at radius 1 is 1.40 bits per heavy atom. The number of carbonyl (C=O) groups excluding carboxylic acids is 1. The van der Waals surface area contributed by atoms with Gasteiger partial charge in [-0.3, -0.25) is 10.1 Å². The first-order valence-electron chi connectivity index (χ1n) is 8.00. The molecule has 3 nitrogen and oxygen atoms in total. The lowest BCUT2D eigenvalue weighted by Crippen LogP contribution is -2.51. The predicted molar refractivity (Wildman–Crippen MR) is 87.2 cm³/mol. The highest BCUT2D eigenvalue weighted by molar-refractivity contribution is 7.99. The molecule has 118 valence electrons. The third-order valence-electron chi connectivity index (χ3n) is 3.63. The van der Waals surface area contributed by atoms with E-state index in [9.17, 15) is 4.79 Å². The number of carbonyl (C=O) groups is 1. The van der Waals surface area contributed by atoms with Crippen LogP contribution in [0, 0.1) is 5.92 Å². The standard InChI is InChI=1S/C16H31NO2S/c1-5-19-15(18)16(4,17-14-7-8-14)10-6-11-20-12-9-13(2)3/h13-14,17H,5-12H2,1-4H3. The van der Waals surface area contributed by atoms with Gasteiger partial charge in [0.25, 0.3) is 0 Å². The molecule has 1 atom stereocenters. The molecule has 0 aliphatic heterocycles. The highest BCUT2D eigenvalue weighted by atomic mass is 32.2. The number of esters is 1. The predicted octanol–water partition coefficient (Wildman–Crippen LogP) is 3.62. The molecule has 1 aliphatic carbocycles. The van der Waals surface area contributed by atoms with E-state index in [1.807, 2.05) is 25.6 Å². The Kier molecular flexibility index (Phi) is 7.96. The molecule has 1 aliphatic rings. The molecule has 1 N–H and O–H groups in total. The van der Waals surface area contributed by atoms with Crippen molar-refractivity contribution in [3.8, 4) is 0 Å². The summed E-state index contributed by atoms with van der Waals surface area (Å²) < 4.78 is 5.24. The fourth-order valence-electron chi connectivity index (χ4n) is 2.15. The van der Waals surface area contributed by atoms with Crippen LogP contribution in [0.1, 0.15) is 59.8 Å². The first-order chi connectivity index (χ1) is 9.48. The Bertz CT molecular complexity index is 292. The van der Waals surface area contributed by atoms with E-state index < -0.39 is 5.54 Å². The summed E-state index contributed by atoms with van der Waals surface area (Å²) in [6.07, 6.45) is 5.60. The van der Waals surface area contributed by atoms with E-state index in [4.69, 9.17) is 4.74 Å². The molecule has 1 saturated carbocycles. The van der Waals surface area contributed by atoms with Crippen LogP contribution in [0.25, 0.3) is 0 Å². The number of nitrogens with one attached hydrogen (secondary N) is 1. The highest BCUT2D eigenvalue weighted by Gasteiger charge is 2.39. The molecule has 0 aromatic carbocycles. The molecule has 0 spiro atoms. The van der Waals surface area contributed by atoms with Gasteiger partial charge in [-0.15, -0.1) is 0 Å². The largest absolute Gasteiger partial charge is 0.465 e. The Morgan fingerprint density at radius 3 is 2.65 bits per heavy atom. The van der Waals surface area contributed by atoms with Crippen LogP contribution in [0.5, 0.6) is 0 Å². The summed E-state index contributed by atoms with van der Waals surface area (Å²) in [6.45, 7) is 8.86. The van der Waals surface area contributed by atoms with E-state index in [1.54, 1.807) is 0 Å². The minimum Gasteiger partial charge on any atom is -0.465 e. The number of thioether (sulfide) groups is 1. The van der Waals surface area contributed by atoms with Crippen LogP contribution in [0.4, 0.5) is 0 Å². The van der Waals surface area contributed by atoms with Crippen molar-refractivity contribution in [1.82, 2.24) is 5.32 Å². The summed E-state index contributed by atoms with van der Waals surface area (Å²) in [5.74, 6) is 3.06. The zero-order chi connectivity index (χ0) is 15.0. The molecule has 0 amide bonds. The van der Waals surface area contributed by atoms with Crippen molar-refractivity contribution < 1.29 is 9.53 Å². The van der Waals surface area contributed by atoms with Gasteiger partial charge in [-0.2, -0.15) is 11.8 Å². The van der Waals surface area contributed by atoms with Gasteiger partial charge in [0.15, 0.2) is 0 Å². The molecule has 1 fully saturated rings. The van der Waals surface area contributed by atoms with Gasteiger partial charge >= 0.3 is 5.97 Å². The van der Waals surface area contributed by atoms with Crippen molar-refractivity contribution in [2.75, 3.05) is 18.1 Å². The minimum atomic E-state index is -0.490. The van der Waals surface area contributed by atoms with E-state index in [1.165, 1.54) is 25.0 Å². The lowest BCUT2D eigenvalue weighted by atomic mass is 9.96. The number of hydrogen-bond donors (Lipinski definition) is 1. The summed E-state index contributed by atoms with van der Waals surface area (Å²) in [7, 11) is 0. The molecular formula is C16H31NO2S. The maximum absolute atomic E-state index is 12.1. The van der Waals surface area contributed by atoms with Crippen molar-refractivity contribution in [3.63, 3.8) is 0 Å². The molecule has 1 unspecified atom stereocenters. The monoisotopic (exact) mass is 301 g/mol. The Labute approximate surface area is 128 Å². The summed E-state index contributed by atoms with van der Waals surface area (Å²) in [5, 5.41) is 3.48. The Morgan fingerprint density at radius 2 is 2.10 bits per heavy atom. The molecular weight excluding hydrogens is 270 g/mol. The van der Waals surface area contributed by atoms with Crippen molar-refractivity contribution in [2.45, 2.75) is 71.4 Å². The van der Waals surface area contributed by atoms with Crippen LogP contribution in [0.3, 0.4) is 0 Å². The van der Waals surface area contributed by atoms with E-state index >= 15 is 0 Å². The van der Waals surface area contributed by atoms with Crippen molar-refractivity contribution in [3.05, 3.63) is 0 Å². The summed E-state index contributed by atoms with van der Waals surface area (Å²) in [4.78, 5) is 12.1. The lowest BCUT2D eigenvalue weighted by Gasteiger charge is -2.28. The van der Waals surface area contributed by atoms with Crippen LogP contribution < -0.4 is 5.32 Å². The molecule has 1 rings (SSSR count). The van der Waals surface area contributed by atoms with Crippen LogP contribution >= 0.6 is 11.8 Å². The van der Waals surface area contributed by atoms with Gasteiger partial charge < -0.3 is 4.74 Å². The average Bonchev–Trinajstić information content (AvgIpc) is 3.17. The van der Waals surface area contributed by atoms with Gasteiger partial charge in [-0.05, 0) is 63.4 Å². The third kappa shape index (κ3) is 6.98. The SMILES string of the molecule is CCOC(=O)C(C)(CCCSCCC(C)C)NC1CC1. The first kappa shape index (κ1) is 17.8. The quantitative estimate of drug-likeness (QED) is 0.467. The van der Waals surface area contributed by atoms with E-state index in [0.29, 0.717) is 12.6 Å². The van der Waals surface area contributed by atoms with Gasteiger partial charge in [-0.1, -0.05) is 13.8 Å². The van der Waals surface area contributed by atoms with Crippen molar-refractivity contribution >= 4 is 17.7 Å². The molecule has 4 heteroatoms. The van der Waals surface area contributed by atoms with Gasteiger partial charge in [0, 0.05) is 6.04 Å². The molecule has 20 heavy (non-hydrogen) atoms. The van der Waals surface area contributed by atoms with Crippen LogP contribution in [0.2, 0.25) is 0 Å². The number of rotatable bonds is 11. The van der Waals surface area contributed by atoms with E-state index in [-0.39, 0.29) is 5.97 Å². The minimum absolute atomic E-state index is 0.0842. The zero-order valence-electron chi connectivity index (χ0n) is 13.5. The van der Waals surface area contributed by atoms with Gasteiger partial charge in [0.1, 0.15) is 5.54 Å². The second kappa shape index (κ2) is 8.93. The summed E-state index contributed by atoms with van der Waals surface area (Å²) in [6, 6.07) is 0.526. The molecule has 0 radical (unpaired) electrons. The Hall–Kier alpha value is -0.220. The van der Waals surface area contributed by atoms with Crippen LogP contribution in [-0.4, -0.2) is 35.7 Å². The third-order valence-corrected chi connectivity index (χ3v) is 4.73. The molecule has 0 heterocycles. The van der Waals surface area contributed by atoms with E-state index in [2.05, 4.69) is 19.2 Å². The molecule has 0 aromatic heterocycles. The topological polar surface area (TPSA) is 38.3 Å². The fraction of sp³-hybridized carbons (Fsp3) is 0.938. The number of ether oxygens (including phenoxy) is 1. The highest BCUT2D eigenvalue weighted by Crippen LogP contribution is 2.26. The van der Waals surface area contributed by atoms with Crippen molar-refractivity contribution in [1.29, 1.82) is 0 Å². The second-order valence-corrected chi connectivity index (χ2v) is 7.59.